The first-order valence-corrected chi connectivity index (χ1v) is 9.99. The van der Waals surface area contributed by atoms with Crippen LogP contribution < -0.4 is 5.73 Å². The Bertz CT molecular complexity index is 1170. The summed E-state index contributed by atoms with van der Waals surface area (Å²) in [4.78, 5) is 50.9. The van der Waals surface area contributed by atoms with Crippen molar-refractivity contribution in [3.63, 3.8) is 0 Å². The van der Waals surface area contributed by atoms with Crippen LogP contribution in [-0.2, 0) is 24.3 Å². The zero-order chi connectivity index (χ0) is 22.1. The normalized spacial score (nSPS) is 13.0. The summed E-state index contributed by atoms with van der Waals surface area (Å²) in [6.07, 6.45) is 3.72. The van der Waals surface area contributed by atoms with E-state index in [-0.39, 0.29) is 17.4 Å². The maximum Gasteiger partial charge on any atom is 0.267 e. The Morgan fingerprint density at radius 1 is 1.06 bits per heavy atom. The van der Waals surface area contributed by atoms with Gasteiger partial charge < -0.3 is 15.2 Å². The lowest BCUT2D eigenvalue weighted by Crippen LogP contribution is -2.37. The highest BCUT2D eigenvalue weighted by Crippen LogP contribution is 2.23. The minimum atomic E-state index is -0.598. The molecule has 0 aliphatic carbocycles. The van der Waals surface area contributed by atoms with Crippen LogP contribution in [0.2, 0.25) is 0 Å². The molecule has 1 aliphatic heterocycles. The molecule has 0 aromatic carbocycles. The maximum atomic E-state index is 13.2. The number of imidazole rings is 1. The average Bonchev–Trinajstić information content (AvgIpc) is 3.16. The number of hydrogen-bond donors (Lipinski definition) is 1. The number of pyridine rings is 2. The molecule has 4 rings (SSSR count). The summed E-state index contributed by atoms with van der Waals surface area (Å²) in [6, 6.07) is 6.64. The largest absolute Gasteiger partial charge is 0.364 e. The van der Waals surface area contributed by atoms with Crippen molar-refractivity contribution < 1.29 is 14.4 Å². The summed E-state index contributed by atoms with van der Waals surface area (Å²) in [5, 5.41) is 0. The molecule has 0 bridgehead atoms. The molecule has 0 saturated carbocycles. The summed E-state index contributed by atoms with van der Waals surface area (Å²) in [7, 11) is 0. The SMILES string of the molecule is CCc1nc(C(=O)c2ccc(-c3ccc(C(N)=O)nc3)nc2)c2n1CCN(C(C)=O)C2. The molecule has 0 radical (unpaired) electrons. The van der Waals surface area contributed by atoms with Gasteiger partial charge in [0.1, 0.15) is 17.2 Å². The molecule has 31 heavy (non-hydrogen) atoms. The van der Waals surface area contributed by atoms with Gasteiger partial charge in [-0.2, -0.15) is 0 Å². The second-order valence-corrected chi connectivity index (χ2v) is 7.33. The van der Waals surface area contributed by atoms with E-state index in [0.29, 0.717) is 48.6 Å². The smallest absolute Gasteiger partial charge is 0.267 e. The number of ketones is 1. The molecule has 158 valence electrons. The molecule has 3 aromatic heterocycles. The van der Waals surface area contributed by atoms with Gasteiger partial charge in [0.05, 0.1) is 17.9 Å². The van der Waals surface area contributed by atoms with E-state index in [1.165, 1.54) is 25.4 Å². The molecule has 2 N–H and O–H groups in total. The summed E-state index contributed by atoms with van der Waals surface area (Å²) in [6.45, 7) is 5.13. The topological polar surface area (TPSA) is 124 Å². The molecule has 0 fully saturated rings. The zero-order valence-electron chi connectivity index (χ0n) is 17.3. The fourth-order valence-corrected chi connectivity index (χ4v) is 3.69. The Morgan fingerprint density at radius 2 is 1.87 bits per heavy atom. The molecule has 9 nitrogen and oxygen atoms in total. The molecular weight excluding hydrogens is 396 g/mol. The van der Waals surface area contributed by atoms with Crippen LogP contribution in [0.4, 0.5) is 0 Å². The van der Waals surface area contributed by atoms with Gasteiger partial charge in [0.25, 0.3) is 5.91 Å². The minimum absolute atomic E-state index is 0.0223. The van der Waals surface area contributed by atoms with E-state index in [4.69, 9.17) is 5.73 Å². The molecule has 1 aliphatic rings. The Labute approximate surface area is 178 Å². The molecule has 3 aromatic rings. The third-order valence-electron chi connectivity index (χ3n) is 5.40. The molecule has 4 heterocycles. The highest BCUT2D eigenvalue weighted by molar-refractivity contribution is 6.08. The van der Waals surface area contributed by atoms with Gasteiger partial charge in [-0.25, -0.2) is 4.98 Å². The Morgan fingerprint density at radius 3 is 2.45 bits per heavy atom. The summed E-state index contributed by atoms with van der Waals surface area (Å²) >= 11 is 0. The van der Waals surface area contributed by atoms with Crippen molar-refractivity contribution in [1.82, 2.24) is 24.4 Å². The van der Waals surface area contributed by atoms with Crippen molar-refractivity contribution in [1.29, 1.82) is 0 Å². The lowest BCUT2D eigenvalue weighted by molar-refractivity contribution is -0.130. The van der Waals surface area contributed by atoms with Crippen LogP contribution in [0.1, 0.15) is 51.9 Å². The Balaban J connectivity index is 1.62. The van der Waals surface area contributed by atoms with Crippen molar-refractivity contribution in [3.05, 3.63) is 65.1 Å². The molecular formula is C22H22N6O3. The summed E-state index contributed by atoms with van der Waals surface area (Å²) in [5.74, 6) is -0.00799. The fourth-order valence-electron chi connectivity index (χ4n) is 3.69. The number of aromatic nitrogens is 4. The van der Waals surface area contributed by atoms with E-state index in [0.717, 1.165) is 11.5 Å². The number of nitrogens with two attached hydrogens (primary N) is 1. The lowest BCUT2D eigenvalue weighted by atomic mass is 10.1. The third-order valence-corrected chi connectivity index (χ3v) is 5.40. The minimum Gasteiger partial charge on any atom is -0.364 e. The van der Waals surface area contributed by atoms with Gasteiger partial charge in [-0.1, -0.05) is 6.92 Å². The van der Waals surface area contributed by atoms with E-state index in [2.05, 4.69) is 15.0 Å². The number of hydrogen-bond acceptors (Lipinski definition) is 6. The number of carbonyl (C=O) groups is 3. The molecule has 9 heteroatoms. The van der Waals surface area contributed by atoms with Gasteiger partial charge in [0.15, 0.2) is 0 Å². The second-order valence-electron chi connectivity index (χ2n) is 7.33. The molecule has 0 unspecified atom stereocenters. The van der Waals surface area contributed by atoms with E-state index in [9.17, 15) is 14.4 Å². The van der Waals surface area contributed by atoms with Crippen molar-refractivity contribution in [2.24, 2.45) is 5.73 Å². The number of primary amides is 1. The summed E-state index contributed by atoms with van der Waals surface area (Å²) in [5.41, 5.74) is 8.24. The number of carbonyl (C=O) groups excluding carboxylic acids is 3. The van der Waals surface area contributed by atoms with Crippen LogP contribution in [0, 0.1) is 0 Å². The van der Waals surface area contributed by atoms with Crippen molar-refractivity contribution in [2.75, 3.05) is 6.54 Å². The average molecular weight is 418 g/mol. The Kier molecular flexibility index (Phi) is 5.33. The van der Waals surface area contributed by atoms with Gasteiger partial charge in [0, 0.05) is 50.0 Å². The van der Waals surface area contributed by atoms with E-state index < -0.39 is 5.91 Å². The van der Waals surface area contributed by atoms with Crippen LogP contribution in [0.5, 0.6) is 0 Å². The predicted octanol–water partition coefficient (Wildman–Crippen LogP) is 1.59. The van der Waals surface area contributed by atoms with E-state index in [1.807, 2.05) is 11.5 Å². The van der Waals surface area contributed by atoms with Gasteiger partial charge in [-0.15, -0.1) is 0 Å². The number of amides is 2. The Hall–Kier alpha value is -3.88. The lowest BCUT2D eigenvalue weighted by Gasteiger charge is -2.28. The monoisotopic (exact) mass is 418 g/mol. The maximum absolute atomic E-state index is 13.2. The molecule has 0 spiro atoms. The van der Waals surface area contributed by atoms with Crippen molar-refractivity contribution in [2.45, 2.75) is 33.4 Å². The van der Waals surface area contributed by atoms with Crippen molar-refractivity contribution >= 4 is 17.6 Å². The van der Waals surface area contributed by atoms with Crippen LogP contribution >= 0.6 is 0 Å². The zero-order valence-corrected chi connectivity index (χ0v) is 17.3. The summed E-state index contributed by atoms with van der Waals surface area (Å²) < 4.78 is 2.04. The van der Waals surface area contributed by atoms with Gasteiger partial charge >= 0.3 is 0 Å². The third kappa shape index (κ3) is 3.81. The van der Waals surface area contributed by atoms with Gasteiger partial charge in [-0.3, -0.25) is 24.4 Å². The second kappa shape index (κ2) is 8.10. The number of nitrogens with zero attached hydrogens (tertiary/aromatic N) is 5. The highest BCUT2D eigenvalue weighted by Gasteiger charge is 2.28. The highest BCUT2D eigenvalue weighted by atomic mass is 16.2. The quantitative estimate of drug-likeness (QED) is 0.628. The molecule has 0 atom stereocenters. The van der Waals surface area contributed by atoms with Gasteiger partial charge in [0.2, 0.25) is 11.7 Å². The predicted molar refractivity (Wildman–Crippen MR) is 112 cm³/mol. The van der Waals surface area contributed by atoms with Crippen LogP contribution in [-0.4, -0.2) is 48.6 Å². The van der Waals surface area contributed by atoms with Gasteiger partial charge in [-0.05, 0) is 24.3 Å². The van der Waals surface area contributed by atoms with Crippen LogP contribution in [0.3, 0.4) is 0 Å². The van der Waals surface area contributed by atoms with E-state index >= 15 is 0 Å². The first kappa shape index (κ1) is 20.4. The first-order chi connectivity index (χ1) is 14.9. The molecule has 0 saturated heterocycles. The fraction of sp³-hybridized carbons (Fsp3) is 0.273. The van der Waals surface area contributed by atoms with E-state index in [1.54, 1.807) is 23.1 Å². The van der Waals surface area contributed by atoms with Crippen LogP contribution in [0.15, 0.2) is 36.7 Å². The first-order valence-electron chi connectivity index (χ1n) is 9.99. The number of fused-ring (bicyclic) bond motifs is 1. The number of rotatable bonds is 5. The van der Waals surface area contributed by atoms with Crippen molar-refractivity contribution in [3.8, 4) is 11.3 Å². The standard InChI is InChI=1S/C22H22N6O3/c1-3-19-26-20(18-12-27(13(2)29)8-9-28(18)19)21(30)15-5-6-16(24-11-15)14-4-7-17(22(23)31)25-10-14/h4-7,10-11H,3,8-9,12H2,1-2H3,(H2,23,31). The molecule has 2 amide bonds. The number of aryl methyl sites for hydroxylation is 1. The van der Waals surface area contributed by atoms with Crippen LogP contribution in [0.25, 0.3) is 11.3 Å².